The summed E-state index contributed by atoms with van der Waals surface area (Å²) in [6, 6.07) is 27.5. The maximum Gasteiger partial charge on any atom is 0.352 e. The molecule has 1 aliphatic heterocycles. The van der Waals surface area contributed by atoms with Crippen molar-refractivity contribution in [2.24, 2.45) is 0 Å². The highest BCUT2D eigenvalue weighted by Crippen LogP contribution is 2.25. The molecule has 1 aromatic heterocycles. The molecular formula is C28H26N6O3. The van der Waals surface area contributed by atoms with Gasteiger partial charge in [0.15, 0.2) is 0 Å². The zero-order chi connectivity index (χ0) is 25.6. The molecule has 186 valence electrons. The van der Waals surface area contributed by atoms with Gasteiger partial charge in [0, 0.05) is 18.5 Å². The first-order valence-corrected chi connectivity index (χ1v) is 11.9. The van der Waals surface area contributed by atoms with Gasteiger partial charge in [-0.25, -0.2) is 20.6 Å². The van der Waals surface area contributed by atoms with E-state index in [1.54, 1.807) is 18.2 Å². The second-order valence-electron chi connectivity index (χ2n) is 8.79. The minimum absolute atomic E-state index is 0.153. The number of hydrogen-bond donors (Lipinski definition) is 4. The number of nitrogens with one attached hydrogen (secondary N) is 4. The molecule has 3 aromatic carbocycles. The van der Waals surface area contributed by atoms with E-state index in [0.29, 0.717) is 25.0 Å². The number of hydrogen-bond acceptors (Lipinski definition) is 5. The molecule has 9 nitrogen and oxygen atoms in total. The van der Waals surface area contributed by atoms with Crippen molar-refractivity contribution in [3.63, 3.8) is 0 Å². The van der Waals surface area contributed by atoms with E-state index in [1.165, 1.54) is 5.56 Å². The fourth-order valence-electron chi connectivity index (χ4n) is 4.42. The lowest BCUT2D eigenvalue weighted by Gasteiger charge is -2.36. The summed E-state index contributed by atoms with van der Waals surface area (Å²) in [6.45, 7) is 1.21. The van der Waals surface area contributed by atoms with Gasteiger partial charge in [0.2, 0.25) is 0 Å². The molecule has 4 N–H and O–H groups in total. The molecule has 0 radical (unpaired) electrons. The molecule has 1 atom stereocenters. The van der Waals surface area contributed by atoms with Crippen molar-refractivity contribution >= 4 is 28.7 Å². The average Bonchev–Trinajstić information content (AvgIpc) is 2.94. The minimum Gasteiger partial charge on any atom is -0.283 e. The van der Waals surface area contributed by atoms with Crippen LogP contribution in [0.4, 0.5) is 4.79 Å². The Morgan fingerprint density at radius 2 is 1.46 bits per heavy atom. The van der Waals surface area contributed by atoms with Crippen LogP contribution in [0.3, 0.4) is 0 Å². The maximum absolute atomic E-state index is 13.1. The second-order valence-corrected chi connectivity index (χ2v) is 8.79. The molecule has 0 saturated carbocycles. The van der Waals surface area contributed by atoms with E-state index in [9.17, 15) is 14.4 Å². The first-order chi connectivity index (χ1) is 18.1. The van der Waals surface area contributed by atoms with E-state index in [-0.39, 0.29) is 11.6 Å². The number of aromatic nitrogens is 1. The molecule has 2 heterocycles. The summed E-state index contributed by atoms with van der Waals surface area (Å²) in [5, 5.41) is 0.902. The monoisotopic (exact) mass is 494 g/mol. The van der Waals surface area contributed by atoms with E-state index in [1.807, 2.05) is 66.7 Å². The van der Waals surface area contributed by atoms with Gasteiger partial charge >= 0.3 is 6.03 Å². The van der Waals surface area contributed by atoms with Crippen molar-refractivity contribution in [3.8, 4) is 0 Å². The lowest BCUT2D eigenvalue weighted by atomic mass is 9.93. The number of amides is 4. The highest BCUT2D eigenvalue weighted by molar-refractivity contribution is 5.96. The van der Waals surface area contributed by atoms with Gasteiger partial charge in [0.1, 0.15) is 5.69 Å². The zero-order valence-electron chi connectivity index (χ0n) is 20.0. The molecule has 0 fully saturated rings. The SMILES string of the molecule is O=C(NNC(=O)c1ccc2ccccc2n1)NNC(=O)C1Cc2ccccc2CN1Cc1ccccc1. The van der Waals surface area contributed by atoms with Gasteiger partial charge in [-0.2, -0.15) is 0 Å². The maximum atomic E-state index is 13.1. The minimum atomic E-state index is -0.784. The fourth-order valence-corrected chi connectivity index (χ4v) is 4.42. The predicted molar refractivity (Wildman–Crippen MR) is 139 cm³/mol. The molecule has 0 bridgehead atoms. The van der Waals surface area contributed by atoms with Gasteiger partial charge in [0.05, 0.1) is 11.6 Å². The third kappa shape index (κ3) is 5.74. The molecule has 0 aliphatic carbocycles. The largest absolute Gasteiger partial charge is 0.352 e. The summed E-state index contributed by atoms with van der Waals surface area (Å²) in [5.41, 5.74) is 13.5. The van der Waals surface area contributed by atoms with Gasteiger partial charge in [-0.1, -0.05) is 78.9 Å². The van der Waals surface area contributed by atoms with Crippen molar-refractivity contribution in [2.75, 3.05) is 0 Å². The van der Waals surface area contributed by atoms with E-state index in [2.05, 4.69) is 37.7 Å². The number of para-hydroxylation sites is 1. The Labute approximate surface area is 213 Å². The average molecular weight is 495 g/mol. The van der Waals surface area contributed by atoms with Crippen molar-refractivity contribution < 1.29 is 14.4 Å². The van der Waals surface area contributed by atoms with Crippen LogP contribution in [0, 0.1) is 0 Å². The van der Waals surface area contributed by atoms with Crippen LogP contribution in [0.2, 0.25) is 0 Å². The van der Waals surface area contributed by atoms with Crippen molar-refractivity contribution in [2.45, 2.75) is 25.6 Å². The molecular weight excluding hydrogens is 468 g/mol. The number of pyridine rings is 1. The summed E-state index contributed by atoms with van der Waals surface area (Å²) in [4.78, 5) is 44.1. The van der Waals surface area contributed by atoms with Crippen molar-refractivity contribution in [1.29, 1.82) is 0 Å². The highest BCUT2D eigenvalue weighted by atomic mass is 16.2. The Kier molecular flexibility index (Phi) is 7.05. The van der Waals surface area contributed by atoms with E-state index in [0.717, 1.165) is 16.5 Å². The number of benzene rings is 3. The van der Waals surface area contributed by atoms with E-state index < -0.39 is 18.0 Å². The Morgan fingerprint density at radius 3 is 2.30 bits per heavy atom. The van der Waals surface area contributed by atoms with Gasteiger partial charge < -0.3 is 0 Å². The van der Waals surface area contributed by atoms with Crippen molar-refractivity contribution in [1.82, 2.24) is 31.6 Å². The summed E-state index contributed by atoms with van der Waals surface area (Å²) in [5.74, 6) is -0.923. The summed E-state index contributed by atoms with van der Waals surface area (Å²) in [7, 11) is 0. The Balaban J connectivity index is 1.18. The number of fused-ring (bicyclic) bond motifs is 2. The zero-order valence-corrected chi connectivity index (χ0v) is 20.0. The molecule has 0 saturated heterocycles. The molecule has 1 unspecified atom stereocenters. The third-order valence-corrected chi connectivity index (χ3v) is 6.30. The lowest BCUT2D eigenvalue weighted by molar-refractivity contribution is -0.128. The van der Waals surface area contributed by atoms with Crippen LogP contribution in [-0.4, -0.2) is 33.8 Å². The molecule has 0 spiro atoms. The first kappa shape index (κ1) is 24.0. The van der Waals surface area contributed by atoms with Crippen LogP contribution in [0.5, 0.6) is 0 Å². The quantitative estimate of drug-likeness (QED) is 0.326. The third-order valence-electron chi connectivity index (χ3n) is 6.30. The fraction of sp³-hybridized carbons (Fsp3) is 0.143. The smallest absolute Gasteiger partial charge is 0.283 e. The number of carbonyl (C=O) groups excluding carboxylic acids is 3. The number of hydrazine groups is 2. The molecule has 4 aromatic rings. The number of urea groups is 1. The van der Waals surface area contributed by atoms with Crippen LogP contribution in [0.25, 0.3) is 10.9 Å². The molecule has 9 heteroatoms. The van der Waals surface area contributed by atoms with Gasteiger partial charge in [-0.15, -0.1) is 0 Å². The van der Waals surface area contributed by atoms with E-state index in [4.69, 9.17) is 0 Å². The Hall–Kier alpha value is -4.76. The summed E-state index contributed by atoms with van der Waals surface area (Å²) in [6.07, 6.45) is 0.516. The van der Waals surface area contributed by atoms with Crippen LogP contribution in [0.15, 0.2) is 91.0 Å². The lowest BCUT2D eigenvalue weighted by Crippen LogP contribution is -2.57. The molecule has 1 aliphatic rings. The van der Waals surface area contributed by atoms with Gasteiger partial charge in [0.25, 0.3) is 11.8 Å². The number of nitrogens with zero attached hydrogens (tertiary/aromatic N) is 2. The van der Waals surface area contributed by atoms with Gasteiger partial charge in [-0.05, 0) is 35.2 Å². The van der Waals surface area contributed by atoms with E-state index >= 15 is 0 Å². The topological polar surface area (TPSA) is 115 Å². The molecule has 5 rings (SSSR count). The predicted octanol–water partition coefficient (Wildman–Crippen LogP) is 2.84. The normalized spacial score (nSPS) is 14.9. The standard InChI is InChI=1S/C28H26N6O3/c35-26(24-15-14-20-10-6-7-13-23(20)29-24)30-32-28(37)33-31-27(36)25-16-21-11-4-5-12-22(21)18-34(25)17-19-8-2-1-3-9-19/h1-15,25H,16-18H2,(H,30,35)(H,31,36)(H2,32,33,37). The van der Waals surface area contributed by atoms with Crippen LogP contribution < -0.4 is 21.7 Å². The number of rotatable bonds is 4. The summed E-state index contributed by atoms with van der Waals surface area (Å²) >= 11 is 0. The second kappa shape index (κ2) is 10.9. The van der Waals surface area contributed by atoms with Crippen LogP contribution in [0.1, 0.15) is 27.2 Å². The summed E-state index contributed by atoms with van der Waals surface area (Å²) < 4.78 is 0. The van der Waals surface area contributed by atoms with Crippen LogP contribution in [-0.2, 0) is 24.3 Å². The first-order valence-electron chi connectivity index (χ1n) is 11.9. The van der Waals surface area contributed by atoms with Crippen molar-refractivity contribution in [3.05, 3.63) is 113 Å². The van der Waals surface area contributed by atoms with Crippen LogP contribution >= 0.6 is 0 Å². The molecule has 37 heavy (non-hydrogen) atoms. The number of carbonyl (C=O) groups is 3. The highest BCUT2D eigenvalue weighted by Gasteiger charge is 2.31. The Morgan fingerprint density at radius 1 is 0.757 bits per heavy atom. The Bertz CT molecular complexity index is 1440. The molecule has 4 amide bonds. The van der Waals surface area contributed by atoms with Gasteiger partial charge in [-0.3, -0.25) is 25.3 Å².